The molecule has 2 heterocycles. The normalized spacial score (nSPS) is 14.7. The van der Waals surface area contributed by atoms with Gasteiger partial charge in [0.15, 0.2) is 11.5 Å². The van der Waals surface area contributed by atoms with Crippen molar-refractivity contribution in [1.82, 2.24) is 15.1 Å². The number of carbonyl (C=O) groups is 1. The number of H-pyrrole nitrogens is 1. The molecular formula is C30H31N3O4. The van der Waals surface area contributed by atoms with Crippen LogP contribution in [0.2, 0.25) is 0 Å². The molecule has 0 saturated carbocycles. The number of carbonyl (C=O) groups excluding carboxylic acids is 1. The van der Waals surface area contributed by atoms with E-state index in [-0.39, 0.29) is 17.7 Å². The highest BCUT2D eigenvalue weighted by atomic mass is 16.5. The molecule has 1 aliphatic heterocycles. The number of aromatic hydroxyl groups is 1. The van der Waals surface area contributed by atoms with Gasteiger partial charge in [-0.05, 0) is 67.6 Å². The van der Waals surface area contributed by atoms with Gasteiger partial charge in [-0.25, -0.2) is 0 Å². The van der Waals surface area contributed by atoms with Crippen molar-refractivity contribution in [2.24, 2.45) is 0 Å². The molecule has 1 unspecified atom stereocenters. The Morgan fingerprint density at radius 2 is 1.68 bits per heavy atom. The highest BCUT2D eigenvalue weighted by molar-refractivity contribution is 6.00. The minimum absolute atomic E-state index is 0.108. The second-order valence-corrected chi connectivity index (χ2v) is 9.59. The van der Waals surface area contributed by atoms with Crippen LogP contribution in [0.15, 0.2) is 54.6 Å². The van der Waals surface area contributed by atoms with Gasteiger partial charge in [0.05, 0.1) is 20.3 Å². The highest BCUT2D eigenvalue weighted by Gasteiger charge is 2.42. The number of aromatic amines is 1. The lowest BCUT2D eigenvalue weighted by Crippen LogP contribution is -2.31. The van der Waals surface area contributed by atoms with Crippen LogP contribution < -0.4 is 9.47 Å². The number of phenols is 1. The molecule has 7 nitrogen and oxygen atoms in total. The lowest BCUT2D eigenvalue weighted by atomic mass is 9.93. The molecule has 2 N–H and O–H groups in total. The number of aromatic nitrogens is 2. The number of fused-ring (bicyclic) bond motifs is 1. The van der Waals surface area contributed by atoms with Gasteiger partial charge in [0.25, 0.3) is 5.91 Å². The van der Waals surface area contributed by atoms with Gasteiger partial charge < -0.3 is 19.5 Å². The van der Waals surface area contributed by atoms with E-state index in [2.05, 4.69) is 34.5 Å². The second-order valence-electron chi connectivity index (χ2n) is 9.59. The summed E-state index contributed by atoms with van der Waals surface area (Å²) >= 11 is 0. The fraction of sp³-hybridized carbons (Fsp3) is 0.267. The first-order chi connectivity index (χ1) is 17.8. The van der Waals surface area contributed by atoms with Crippen LogP contribution in [0.4, 0.5) is 0 Å². The monoisotopic (exact) mass is 497 g/mol. The number of methoxy groups -OCH3 is 2. The number of aryl methyl sites for hydroxylation is 3. The number of hydrogen-bond acceptors (Lipinski definition) is 5. The summed E-state index contributed by atoms with van der Waals surface area (Å²) in [6, 6.07) is 17.6. The Hall–Kier alpha value is -4.26. The van der Waals surface area contributed by atoms with Crippen molar-refractivity contribution >= 4 is 5.91 Å². The van der Waals surface area contributed by atoms with E-state index < -0.39 is 0 Å². The fourth-order valence-electron chi connectivity index (χ4n) is 5.15. The average Bonchev–Trinajstić information content (AvgIpc) is 3.44. The van der Waals surface area contributed by atoms with Crippen molar-refractivity contribution < 1.29 is 19.4 Å². The number of ether oxygens (including phenoxy) is 2. The third-order valence-corrected chi connectivity index (χ3v) is 7.05. The van der Waals surface area contributed by atoms with Crippen LogP contribution in [0.5, 0.6) is 17.2 Å². The standard InChI is InChI=1S/C30H31N3O4/c1-17-6-9-21(10-7-17)28-25-26(22-15-18(2)14-19(3)29(22)34)31-32-27(25)30(35)33(28)13-12-20-8-11-23(36-4)24(16-20)37-5/h6-11,14-16,28,34H,12-13H2,1-5H3,(H,31,32). The molecule has 1 aromatic heterocycles. The first kappa shape index (κ1) is 24.4. The largest absolute Gasteiger partial charge is 0.507 e. The molecule has 1 atom stereocenters. The van der Waals surface area contributed by atoms with Crippen LogP contribution in [-0.4, -0.2) is 46.9 Å². The third kappa shape index (κ3) is 4.31. The minimum atomic E-state index is -0.336. The average molecular weight is 498 g/mol. The molecule has 37 heavy (non-hydrogen) atoms. The van der Waals surface area contributed by atoms with E-state index >= 15 is 0 Å². The molecule has 0 saturated heterocycles. The number of benzene rings is 3. The van der Waals surface area contributed by atoms with Crippen LogP contribution in [0.1, 0.15) is 49.9 Å². The maximum absolute atomic E-state index is 13.7. The molecule has 5 rings (SSSR count). The van der Waals surface area contributed by atoms with E-state index in [1.165, 1.54) is 0 Å². The molecule has 1 aliphatic rings. The summed E-state index contributed by atoms with van der Waals surface area (Å²) in [5, 5.41) is 18.4. The summed E-state index contributed by atoms with van der Waals surface area (Å²) in [5.74, 6) is 1.40. The zero-order chi connectivity index (χ0) is 26.3. The summed E-state index contributed by atoms with van der Waals surface area (Å²) in [6.45, 7) is 6.39. The van der Waals surface area contributed by atoms with Crippen molar-refractivity contribution in [3.8, 4) is 28.5 Å². The van der Waals surface area contributed by atoms with Crippen molar-refractivity contribution in [3.05, 3.63) is 93.7 Å². The number of amides is 1. The molecule has 0 spiro atoms. The quantitative estimate of drug-likeness (QED) is 0.351. The molecule has 4 aromatic rings. The molecule has 0 aliphatic carbocycles. The Kier molecular flexibility index (Phi) is 6.38. The molecule has 0 fully saturated rings. The van der Waals surface area contributed by atoms with E-state index in [0.29, 0.717) is 41.4 Å². The molecule has 0 bridgehead atoms. The van der Waals surface area contributed by atoms with E-state index in [4.69, 9.17) is 9.47 Å². The summed E-state index contributed by atoms with van der Waals surface area (Å²) < 4.78 is 10.8. The van der Waals surface area contributed by atoms with Crippen molar-refractivity contribution in [3.63, 3.8) is 0 Å². The number of hydrogen-bond donors (Lipinski definition) is 2. The molecular weight excluding hydrogens is 466 g/mol. The number of phenolic OH excluding ortho intramolecular Hbond substituents is 1. The Balaban J connectivity index is 1.57. The molecule has 1 amide bonds. The van der Waals surface area contributed by atoms with Crippen LogP contribution in [-0.2, 0) is 6.42 Å². The lowest BCUT2D eigenvalue weighted by molar-refractivity contribution is 0.0746. The van der Waals surface area contributed by atoms with Gasteiger partial charge in [-0.15, -0.1) is 0 Å². The second kappa shape index (κ2) is 9.65. The maximum atomic E-state index is 13.7. The molecule has 3 aromatic carbocycles. The smallest absolute Gasteiger partial charge is 0.273 e. The molecule has 0 radical (unpaired) electrons. The van der Waals surface area contributed by atoms with Crippen molar-refractivity contribution in [1.29, 1.82) is 0 Å². The first-order valence-electron chi connectivity index (χ1n) is 12.3. The van der Waals surface area contributed by atoms with Crippen LogP contribution in [0.25, 0.3) is 11.3 Å². The number of nitrogens with zero attached hydrogens (tertiary/aromatic N) is 2. The zero-order valence-electron chi connectivity index (χ0n) is 21.8. The van der Waals surface area contributed by atoms with Crippen LogP contribution >= 0.6 is 0 Å². The SMILES string of the molecule is COc1ccc(CCN2C(=O)c3[nH]nc(-c4cc(C)cc(C)c4O)c3C2c2ccc(C)cc2)cc1OC. The van der Waals surface area contributed by atoms with Gasteiger partial charge in [0.1, 0.15) is 17.1 Å². The van der Waals surface area contributed by atoms with Gasteiger partial charge in [0.2, 0.25) is 0 Å². The van der Waals surface area contributed by atoms with Crippen LogP contribution in [0.3, 0.4) is 0 Å². The fourth-order valence-corrected chi connectivity index (χ4v) is 5.15. The highest BCUT2D eigenvalue weighted by Crippen LogP contribution is 2.45. The van der Waals surface area contributed by atoms with E-state index in [1.807, 2.05) is 56.0 Å². The number of nitrogens with one attached hydrogen (secondary N) is 1. The predicted molar refractivity (Wildman–Crippen MR) is 142 cm³/mol. The third-order valence-electron chi connectivity index (χ3n) is 7.05. The molecule has 7 heteroatoms. The summed E-state index contributed by atoms with van der Waals surface area (Å²) in [5.41, 5.74) is 7.45. The first-order valence-corrected chi connectivity index (χ1v) is 12.3. The van der Waals surface area contributed by atoms with E-state index in [9.17, 15) is 9.90 Å². The Bertz CT molecular complexity index is 1470. The van der Waals surface area contributed by atoms with Crippen molar-refractivity contribution in [2.45, 2.75) is 33.2 Å². The summed E-state index contributed by atoms with van der Waals surface area (Å²) in [6.07, 6.45) is 0.635. The van der Waals surface area contributed by atoms with Crippen molar-refractivity contribution in [2.75, 3.05) is 20.8 Å². The summed E-state index contributed by atoms with van der Waals surface area (Å²) in [7, 11) is 3.22. The molecule has 190 valence electrons. The number of rotatable bonds is 7. The van der Waals surface area contributed by atoms with E-state index in [1.54, 1.807) is 14.2 Å². The Labute approximate surface area is 216 Å². The van der Waals surface area contributed by atoms with Gasteiger partial charge in [-0.3, -0.25) is 9.89 Å². The minimum Gasteiger partial charge on any atom is -0.507 e. The summed E-state index contributed by atoms with van der Waals surface area (Å²) in [4.78, 5) is 15.6. The van der Waals surface area contributed by atoms with Gasteiger partial charge in [-0.1, -0.05) is 42.0 Å². The topological polar surface area (TPSA) is 87.7 Å². The zero-order valence-corrected chi connectivity index (χ0v) is 21.8. The van der Waals surface area contributed by atoms with E-state index in [0.717, 1.165) is 33.4 Å². The predicted octanol–water partition coefficient (Wildman–Crippen LogP) is 5.51. The van der Waals surface area contributed by atoms with Gasteiger partial charge in [0, 0.05) is 17.7 Å². The lowest BCUT2D eigenvalue weighted by Gasteiger charge is -2.27. The van der Waals surface area contributed by atoms with Gasteiger partial charge >= 0.3 is 0 Å². The van der Waals surface area contributed by atoms with Crippen LogP contribution in [0, 0.1) is 20.8 Å². The Morgan fingerprint density at radius 1 is 0.946 bits per heavy atom. The maximum Gasteiger partial charge on any atom is 0.273 e. The van der Waals surface area contributed by atoms with Gasteiger partial charge in [-0.2, -0.15) is 5.10 Å². The Morgan fingerprint density at radius 3 is 2.38 bits per heavy atom.